The highest BCUT2D eigenvalue weighted by Crippen LogP contribution is 2.45. The van der Waals surface area contributed by atoms with Gasteiger partial charge in [-0.05, 0) is 100 Å². The molecule has 6 aromatic rings. The van der Waals surface area contributed by atoms with Gasteiger partial charge in [0.15, 0.2) is 54.9 Å². The minimum absolute atomic E-state index is 0.0108. The normalized spacial score (nSPS) is 27.8. The van der Waals surface area contributed by atoms with Gasteiger partial charge >= 0.3 is 41.9 Å². The van der Waals surface area contributed by atoms with Crippen LogP contribution >= 0.6 is 34.8 Å². The molecule has 5 heterocycles. The van der Waals surface area contributed by atoms with Gasteiger partial charge in [0.2, 0.25) is 3.79 Å². The third kappa shape index (κ3) is 17.4. The highest BCUT2D eigenvalue weighted by molar-refractivity contribution is 6.67. The Morgan fingerprint density at radius 2 is 0.771 bits per heavy atom. The van der Waals surface area contributed by atoms with Crippen LogP contribution < -0.4 is 5.32 Å². The Bertz CT molecular complexity index is 3650. The molecule has 0 radical (unpaired) electrons. The Labute approximate surface area is 565 Å². The molecular formula is C69H66Cl3NO23. The molecule has 6 aromatic carbocycles. The summed E-state index contributed by atoms with van der Waals surface area (Å²) in [4.78, 5) is 101. The molecule has 506 valence electrons. The van der Waals surface area contributed by atoms with Crippen molar-refractivity contribution in [2.75, 3.05) is 26.4 Å². The lowest BCUT2D eigenvalue weighted by atomic mass is 9.94. The molecule has 27 heteroatoms. The lowest BCUT2D eigenvalue weighted by molar-refractivity contribution is -0.348. The van der Waals surface area contributed by atoms with Gasteiger partial charge < -0.3 is 81.1 Å². The molecule has 24 nitrogen and oxygen atoms in total. The second kappa shape index (κ2) is 30.6. The zero-order chi connectivity index (χ0) is 67.7. The molecule has 5 aliphatic rings. The zero-order valence-electron chi connectivity index (χ0n) is 51.8. The van der Waals surface area contributed by atoms with E-state index < -0.39 is 176 Å². The first kappa shape index (κ1) is 69.3. The summed E-state index contributed by atoms with van der Waals surface area (Å²) in [6, 6.07) is 44.4. The number of halogens is 3. The van der Waals surface area contributed by atoms with Gasteiger partial charge in [-0.25, -0.2) is 33.6 Å². The first-order valence-electron chi connectivity index (χ1n) is 30.5. The number of fused-ring (bicyclic) bond motifs is 3. The SMILES string of the molecule is CC1(C)O[C@H]2[C@@H](O1)[C@@H](CO[C@@H]1O[C@H](COC(=O)c3ccccc3)[C@@H](O[C@@H]3O[C@H](COC(=O)c4ccccc4)[C@H](OC(=O)c4ccccc4)[C@H](OC(=O)c4ccccc4)[C@H]3OC(=O)c3ccccc3)[C@H](OC(=O)c3ccccc3)[C@H]1NC(=O)OCC(Cl)(Cl)Cl)O[C@@H]1OC(C)(C)O[C@@H]12. The van der Waals surface area contributed by atoms with Crippen LogP contribution in [0.5, 0.6) is 0 Å². The van der Waals surface area contributed by atoms with E-state index >= 15 is 0 Å². The number of alkyl halides is 3. The summed E-state index contributed by atoms with van der Waals surface area (Å²) in [6.07, 6.45) is -23.2. The van der Waals surface area contributed by atoms with E-state index in [2.05, 4.69) is 5.32 Å². The predicted molar refractivity (Wildman–Crippen MR) is 335 cm³/mol. The number of hydrogen-bond donors (Lipinski definition) is 1. The van der Waals surface area contributed by atoms with E-state index in [0.29, 0.717) is 0 Å². The molecule has 0 aromatic heterocycles. The fourth-order valence-corrected chi connectivity index (χ4v) is 11.5. The van der Waals surface area contributed by atoms with Gasteiger partial charge in [0, 0.05) is 0 Å². The van der Waals surface area contributed by atoms with Crippen LogP contribution in [-0.2, 0) is 75.8 Å². The van der Waals surface area contributed by atoms with Crippen LogP contribution in [0.4, 0.5) is 4.79 Å². The molecule has 0 bridgehead atoms. The quantitative estimate of drug-likeness (QED) is 0.0399. The summed E-state index contributed by atoms with van der Waals surface area (Å²) in [5.41, 5.74) is 0.0825. The van der Waals surface area contributed by atoms with E-state index in [1.807, 2.05) is 0 Å². The number of alkyl carbamates (subject to hydrolysis) is 1. The van der Waals surface area contributed by atoms with E-state index in [0.717, 1.165) is 0 Å². The number of hydrogen-bond acceptors (Lipinski definition) is 23. The maximum atomic E-state index is 14.9. The largest absolute Gasteiger partial charge is 0.459 e. The summed E-state index contributed by atoms with van der Waals surface area (Å²) in [6.45, 7) is 3.92. The Morgan fingerprint density at radius 3 is 1.23 bits per heavy atom. The Kier molecular flexibility index (Phi) is 22.0. The van der Waals surface area contributed by atoms with E-state index in [1.165, 1.54) is 72.8 Å². The number of carbonyl (C=O) groups excluding carboxylic acids is 7. The van der Waals surface area contributed by atoms with Crippen LogP contribution in [0, 0.1) is 0 Å². The maximum absolute atomic E-state index is 14.9. The van der Waals surface area contributed by atoms with Crippen molar-refractivity contribution in [2.24, 2.45) is 0 Å². The average Bonchev–Trinajstić information content (AvgIpc) is 1.57. The predicted octanol–water partition coefficient (Wildman–Crippen LogP) is 9.32. The molecule has 5 aliphatic heterocycles. The van der Waals surface area contributed by atoms with Crippen LogP contribution in [0.3, 0.4) is 0 Å². The third-order valence-corrected chi connectivity index (χ3v) is 16.0. The number of amides is 1. The van der Waals surface area contributed by atoms with E-state index in [1.54, 1.807) is 137 Å². The van der Waals surface area contributed by atoms with Crippen molar-refractivity contribution in [3.8, 4) is 0 Å². The second-order valence-electron chi connectivity index (χ2n) is 23.5. The Morgan fingerprint density at radius 1 is 0.396 bits per heavy atom. The smallest absolute Gasteiger partial charge is 0.407 e. The number of carbonyl (C=O) groups is 7. The van der Waals surface area contributed by atoms with Crippen molar-refractivity contribution in [1.82, 2.24) is 5.32 Å². The van der Waals surface area contributed by atoms with Gasteiger partial charge in [-0.1, -0.05) is 144 Å². The van der Waals surface area contributed by atoms with Crippen LogP contribution in [0.15, 0.2) is 182 Å². The van der Waals surface area contributed by atoms with Crippen LogP contribution in [0.25, 0.3) is 0 Å². The van der Waals surface area contributed by atoms with E-state index in [9.17, 15) is 33.6 Å². The fraction of sp³-hybridized carbons (Fsp3) is 0.377. The van der Waals surface area contributed by atoms with Gasteiger partial charge in [-0.3, -0.25) is 0 Å². The van der Waals surface area contributed by atoms with Gasteiger partial charge in [0.1, 0.15) is 68.6 Å². The van der Waals surface area contributed by atoms with Crippen molar-refractivity contribution >= 4 is 76.7 Å². The Balaban J connectivity index is 1.05. The summed E-state index contributed by atoms with van der Waals surface area (Å²) in [7, 11) is 0. The topological polar surface area (TPSA) is 279 Å². The number of rotatable bonds is 21. The molecule has 1 N–H and O–H groups in total. The van der Waals surface area contributed by atoms with Crippen molar-refractivity contribution < 1.29 is 109 Å². The highest BCUT2D eigenvalue weighted by atomic mass is 35.6. The van der Waals surface area contributed by atoms with Gasteiger partial charge in [-0.2, -0.15) is 0 Å². The van der Waals surface area contributed by atoms with Gasteiger partial charge in [-0.15, -0.1) is 0 Å². The molecule has 96 heavy (non-hydrogen) atoms. The minimum atomic E-state index is -2.16. The summed E-state index contributed by atoms with van der Waals surface area (Å²) in [5.74, 6) is -8.22. The number of esters is 6. The molecule has 1 amide bonds. The van der Waals surface area contributed by atoms with Crippen LogP contribution in [0.1, 0.15) is 89.8 Å². The molecule has 5 saturated heterocycles. The lowest BCUT2D eigenvalue weighted by Gasteiger charge is -2.49. The van der Waals surface area contributed by atoms with Gasteiger partial charge in [0.25, 0.3) is 0 Å². The maximum Gasteiger partial charge on any atom is 0.407 e. The van der Waals surface area contributed by atoms with Crippen molar-refractivity contribution in [3.05, 3.63) is 215 Å². The first-order chi connectivity index (χ1) is 46.0. The van der Waals surface area contributed by atoms with Crippen molar-refractivity contribution in [2.45, 2.75) is 135 Å². The number of ether oxygens (including phenoxy) is 16. The number of nitrogens with one attached hydrogen (secondary N) is 1. The van der Waals surface area contributed by atoms with Crippen LogP contribution in [0.2, 0.25) is 0 Å². The minimum Gasteiger partial charge on any atom is -0.459 e. The zero-order valence-corrected chi connectivity index (χ0v) is 54.1. The molecular weight excluding hydrogens is 1320 g/mol. The summed E-state index contributed by atoms with van der Waals surface area (Å²) in [5, 5.41) is 2.64. The summed E-state index contributed by atoms with van der Waals surface area (Å²) < 4.78 is 99.9. The lowest BCUT2D eigenvalue weighted by Crippen LogP contribution is -2.69. The molecule has 0 aliphatic carbocycles. The highest BCUT2D eigenvalue weighted by Gasteiger charge is 2.62. The number of benzene rings is 6. The standard InChI is InChI=1S/C69H66Cl3NO23/c1-67(2)93-51-47(87-65-56(54(51)94-67)95-68(3,4)96-65)37-83-63-48(73-66(80)84-38-69(70,71)72)52(89-60(77)42-29-17-8-18-30-42)49(45(85-63)35-81-57(74)39-23-11-5-12-24-39)92-64-55(91-62(79)44-33-21-10-22-34-44)53(90-61(78)43-31-19-9-20-32-43)50(88-59(76)41-27-15-7-16-28-41)46(86-64)36-82-58(75)40-25-13-6-14-26-40/h5-34,45-56,63-65H,35-38H2,1-4H3,(H,73,80)/t45-,46-,47-,48-,49-,50+,51+,52-,53+,54+,55-,56-,63-,64+,65-/m1/s1. The monoisotopic (exact) mass is 1380 g/mol. The molecule has 5 fully saturated rings. The Hall–Kier alpha value is -8.08. The molecule has 15 atom stereocenters. The van der Waals surface area contributed by atoms with Gasteiger partial charge in [0.05, 0.1) is 40.0 Å². The van der Waals surface area contributed by atoms with E-state index in [-0.39, 0.29) is 33.4 Å². The first-order valence-corrected chi connectivity index (χ1v) is 31.6. The third-order valence-electron chi connectivity index (χ3n) is 15.6. The second-order valence-corrected chi connectivity index (χ2v) is 26.0. The fourth-order valence-electron chi connectivity index (χ4n) is 11.4. The molecule has 0 spiro atoms. The van der Waals surface area contributed by atoms with Crippen molar-refractivity contribution in [3.63, 3.8) is 0 Å². The van der Waals surface area contributed by atoms with E-state index in [4.69, 9.17) is 111 Å². The average molecular weight is 1380 g/mol. The van der Waals surface area contributed by atoms with Crippen molar-refractivity contribution in [1.29, 1.82) is 0 Å². The summed E-state index contributed by atoms with van der Waals surface area (Å²) >= 11 is 18.3. The molecule has 0 saturated carbocycles. The molecule has 0 unspecified atom stereocenters. The molecule has 11 rings (SSSR count). The van der Waals surface area contributed by atoms with Crippen LogP contribution in [-0.4, -0.2) is 176 Å².